The van der Waals surface area contributed by atoms with Crippen LogP contribution in [0.2, 0.25) is 0 Å². The number of benzene rings is 1. The lowest BCUT2D eigenvalue weighted by atomic mass is 9.90. The van der Waals surface area contributed by atoms with Gasteiger partial charge in [0.1, 0.15) is 10.0 Å². The molecule has 4 nitrogen and oxygen atoms in total. The van der Waals surface area contributed by atoms with Crippen molar-refractivity contribution in [2.45, 2.75) is 22.1 Å². The average molecular weight is 393 g/mol. The van der Waals surface area contributed by atoms with Crippen molar-refractivity contribution in [3.05, 3.63) is 40.9 Å². The Hall–Kier alpha value is -1.31. The molecule has 1 aliphatic rings. The highest BCUT2D eigenvalue weighted by Gasteiger charge is 2.31. The third-order valence-electron chi connectivity index (χ3n) is 4.33. The Morgan fingerprint density at radius 3 is 2.76 bits per heavy atom. The zero-order valence-electron chi connectivity index (χ0n) is 14.2. The number of carbonyl (C=O) groups excluding carboxylic acids is 2. The van der Waals surface area contributed by atoms with Gasteiger partial charge in [-0.15, -0.1) is 23.1 Å². The van der Waals surface area contributed by atoms with Crippen LogP contribution in [-0.2, 0) is 0 Å². The third kappa shape index (κ3) is 4.10. The van der Waals surface area contributed by atoms with Crippen LogP contribution in [0, 0.1) is 5.92 Å². The maximum Gasteiger partial charge on any atom is 0.273 e. The lowest BCUT2D eigenvalue weighted by Gasteiger charge is -2.31. The van der Waals surface area contributed by atoms with Gasteiger partial charge < -0.3 is 4.90 Å². The molecule has 0 spiro atoms. The van der Waals surface area contributed by atoms with E-state index in [0.717, 1.165) is 27.6 Å². The van der Waals surface area contributed by atoms with E-state index >= 15 is 0 Å². The first-order valence-electron chi connectivity index (χ1n) is 8.10. The standard InChI is InChI=1S/C18H20N2O2S3/c1-23-15-8-4-3-7-13(15)16(21)12-6-5-9-20(10-12)17(22)14-11-25-18(19-14)24-2/h3-4,7-8,11-12H,5-6,9-10H2,1-2H3. The van der Waals surface area contributed by atoms with E-state index in [4.69, 9.17) is 0 Å². The van der Waals surface area contributed by atoms with Gasteiger partial charge in [0.2, 0.25) is 0 Å². The highest BCUT2D eigenvalue weighted by atomic mass is 32.2. The van der Waals surface area contributed by atoms with Crippen LogP contribution in [-0.4, -0.2) is 47.2 Å². The molecule has 1 aliphatic heterocycles. The van der Waals surface area contributed by atoms with Crippen LogP contribution in [0.4, 0.5) is 0 Å². The summed E-state index contributed by atoms with van der Waals surface area (Å²) in [5.74, 6) is -0.0533. The van der Waals surface area contributed by atoms with Crippen molar-refractivity contribution >= 4 is 46.6 Å². The van der Waals surface area contributed by atoms with Crippen LogP contribution in [0.15, 0.2) is 38.9 Å². The third-order valence-corrected chi connectivity index (χ3v) is 6.99. The topological polar surface area (TPSA) is 50.3 Å². The number of Topliss-reactive ketones (excluding diaryl/α,β-unsaturated/α-hetero) is 1. The molecular weight excluding hydrogens is 372 g/mol. The predicted molar refractivity (Wildman–Crippen MR) is 105 cm³/mol. The molecule has 0 saturated carbocycles. The molecule has 1 aromatic heterocycles. The fraction of sp³-hybridized carbons (Fsp3) is 0.389. The van der Waals surface area contributed by atoms with Crippen LogP contribution in [0.25, 0.3) is 0 Å². The van der Waals surface area contributed by atoms with E-state index in [0.29, 0.717) is 18.8 Å². The van der Waals surface area contributed by atoms with Gasteiger partial charge in [0.05, 0.1) is 0 Å². The maximum absolute atomic E-state index is 13.0. The summed E-state index contributed by atoms with van der Waals surface area (Å²) in [5.41, 5.74) is 1.26. The molecule has 1 aromatic carbocycles. The molecule has 1 atom stereocenters. The van der Waals surface area contributed by atoms with Gasteiger partial charge in [-0.05, 0) is 31.4 Å². The van der Waals surface area contributed by atoms with Gasteiger partial charge in [-0.2, -0.15) is 0 Å². The lowest BCUT2D eigenvalue weighted by Crippen LogP contribution is -2.42. The molecular formula is C18H20N2O2S3. The number of hydrogen-bond acceptors (Lipinski definition) is 6. The number of likely N-dealkylation sites (tertiary alicyclic amines) is 1. The molecule has 132 valence electrons. The van der Waals surface area contributed by atoms with E-state index in [1.807, 2.05) is 42.2 Å². The summed E-state index contributed by atoms with van der Waals surface area (Å²) in [5, 5.41) is 1.81. The van der Waals surface area contributed by atoms with E-state index in [1.54, 1.807) is 28.4 Å². The first-order chi connectivity index (χ1) is 12.1. The monoisotopic (exact) mass is 392 g/mol. The Bertz CT molecular complexity index is 775. The first-order valence-corrected chi connectivity index (χ1v) is 11.4. The lowest BCUT2D eigenvalue weighted by molar-refractivity contribution is 0.0631. The van der Waals surface area contributed by atoms with Crippen LogP contribution in [0.1, 0.15) is 33.7 Å². The predicted octanol–water partition coefficient (Wildman–Crippen LogP) is 4.32. The molecule has 0 bridgehead atoms. The largest absolute Gasteiger partial charge is 0.337 e. The molecule has 3 rings (SSSR count). The Kier molecular flexibility index (Phi) is 6.19. The van der Waals surface area contributed by atoms with E-state index in [2.05, 4.69) is 4.98 Å². The summed E-state index contributed by atoms with van der Waals surface area (Å²) in [4.78, 5) is 32.8. The quantitative estimate of drug-likeness (QED) is 0.560. The minimum atomic E-state index is -0.135. The summed E-state index contributed by atoms with van der Waals surface area (Å²) < 4.78 is 0.891. The number of nitrogens with zero attached hydrogens (tertiary/aromatic N) is 2. The highest BCUT2D eigenvalue weighted by molar-refractivity contribution is 8.00. The van der Waals surface area contributed by atoms with Crippen LogP contribution in [0.3, 0.4) is 0 Å². The van der Waals surface area contributed by atoms with Gasteiger partial charge in [-0.3, -0.25) is 9.59 Å². The van der Waals surface area contributed by atoms with Crippen molar-refractivity contribution in [3.63, 3.8) is 0 Å². The number of thioether (sulfide) groups is 2. The van der Waals surface area contributed by atoms with E-state index < -0.39 is 0 Å². The summed E-state index contributed by atoms with van der Waals surface area (Å²) >= 11 is 4.61. The van der Waals surface area contributed by atoms with Crippen molar-refractivity contribution in [2.24, 2.45) is 5.92 Å². The molecule has 1 saturated heterocycles. The molecule has 25 heavy (non-hydrogen) atoms. The van der Waals surface area contributed by atoms with Crippen LogP contribution < -0.4 is 0 Å². The molecule has 7 heteroatoms. The second kappa shape index (κ2) is 8.38. The molecule has 0 N–H and O–H groups in total. The molecule has 1 unspecified atom stereocenters. The van der Waals surface area contributed by atoms with E-state index in [9.17, 15) is 9.59 Å². The van der Waals surface area contributed by atoms with Crippen molar-refractivity contribution in [1.29, 1.82) is 0 Å². The number of amides is 1. The average Bonchev–Trinajstić information content (AvgIpc) is 3.16. The Morgan fingerprint density at radius 1 is 1.24 bits per heavy atom. The Morgan fingerprint density at radius 2 is 2.04 bits per heavy atom. The highest BCUT2D eigenvalue weighted by Crippen LogP contribution is 2.28. The molecule has 1 amide bonds. The molecule has 0 radical (unpaired) electrons. The molecule has 0 aliphatic carbocycles. The number of hydrogen-bond donors (Lipinski definition) is 0. The summed E-state index contributed by atoms with van der Waals surface area (Å²) in [6.45, 7) is 1.17. The maximum atomic E-state index is 13.0. The number of rotatable bonds is 5. The normalized spacial score (nSPS) is 17.5. The minimum absolute atomic E-state index is 0.0628. The van der Waals surface area contributed by atoms with Gasteiger partial charge >= 0.3 is 0 Å². The first kappa shape index (κ1) is 18.5. The molecule has 2 heterocycles. The zero-order chi connectivity index (χ0) is 17.8. The van der Waals surface area contributed by atoms with Crippen molar-refractivity contribution in [1.82, 2.24) is 9.88 Å². The van der Waals surface area contributed by atoms with Gasteiger partial charge in [-0.1, -0.05) is 30.0 Å². The number of carbonyl (C=O) groups is 2. The zero-order valence-corrected chi connectivity index (χ0v) is 16.7. The number of piperidine rings is 1. The number of thiazole rings is 1. The Labute approximate surface area is 160 Å². The van der Waals surface area contributed by atoms with Gasteiger partial charge in [-0.25, -0.2) is 4.98 Å². The minimum Gasteiger partial charge on any atom is -0.337 e. The van der Waals surface area contributed by atoms with Gasteiger partial charge in [0.15, 0.2) is 5.78 Å². The second-order valence-corrected chi connectivity index (χ2v) is 8.62. The van der Waals surface area contributed by atoms with Crippen LogP contribution in [0.5, 0.6) is 0 Å². The SMILES string of the molecule is CSc1nc(C(=O)N2CCCC(C(=O)c3ccccc3SC)C2)cs1. The second-order valence-electron chi connectivity index (χ2n) is 5.86. The van der Waals surface area contributed by atoms with E-state index in [1.165, 1.54) is 11.3 Å². The van der Waals surface area contributed by atoms with E-state index in [-0.39, 0.29) is 17.6 Å². The number of aromatic nitrogens is 1. The van der Waals surface area contributed by atoms with Crippen molar-refractivity contribution in [3.8, 4) is 0 Å². The summed E-state index contributed by atoms with van der Waals surface area (Å²) in [6, 6.07) is 7.71. The fourth-order valence-electron chi connectivity index (χ4n) is 3.05. The molecule has 1 fully saturated rings. The summed E-state index contributed by atoms with van der Waals surface area (Å²) in [6.07, 6.45) is 5.61. The van der Waals surface area contributed by atoms with Gasteiger partial charge in [0.25, 0.3) is 5.91 Å². The number of ketones is 1. The van der Waals surface area contributed by atoms with Crippen molar-refractivity contribution < 1.29 is 9.59 Å². The van der Waals surface area contributed by atoms with Crippen molar-refractivity contribution in [2.75, 3.05) is 25.6 Å². The van der Waals surface area contributed by atoms with Crippen LogP contribution >= 0.6 is 34.9 Å². The smallest absolute Gasteiger partial charge is 0.273 e. The van der Waals surface area contributed by atoms with Gasteiger partial charge in [0, 0.05) is 34.8 Å². The Balaban J connectivity index is 1.74. The summed E-state index contributed by atoms with van der Waals surface area (Å²) in [7, 11) is 0. The fourth-order valence-corrected chi connectivity index (χ4v) is 4.89. The molecule has 2 aromatic rings.